The van der Waals surface area contributed by atoms with Gasteiger partial charge in [0.2, 0.25) is 10.0 Å². The number of hydrogen-bond donors (Lipinski definition) is 0. The molecule has 0 bridgehead atoms. The van der Waals surface area contributed by atoms with Gasteiger partial charge in [-0.05, 0) is 6.07 Å². The Morgan fingerprint density at radius 1 is 1.00 bits per heavy atom. The van der Waals surface area contributed by atoms with Gasteiger partial charge in [-0.3, -0.25) is 0 Å². The molecule has 0 radical (unpaired) electrons. The molecule has 9 nitrogen and oxygen atoms in total. The molecule has 0 atom stereocenters. The summed E-state index contributed by atoms with van der Waals surface area (Å²) in [5.41, 5.74) is 0.179. The van der Waals surface area contributed by atoms with Gasteiger partial charge in [0.05, 0.1) is 5.75 Å². The average molecular weight is 403 g/mol. The van der Waals surface area contributed by atoms with E-state index in [0.29, 0.717) is 37.8 Å². The van der Waals surface area contributed by atoms with Crippen LogP contribution in [-0.4, -0.2) is 63.6 Å². The number of benzene rings is 1. The van der Waals surface area contributed by atoms with Gasteiger partial charge in [0, 0.05) is 37.8 Å². The molecule has 3 aromatic rings. The first-order valence-corrected chi connectivity index (χ1v) is 10.3. The molecule has 11 heteroatoms. The summed E-state index contributed by atoms with van der Waals surface area (Å²) < 4.78 is 42.0. The van der Waals surface area contributed by atoms with Crippen molar-refractivity contribution >= 4 is 15.8 Å². The summed E-state index contributed by atoms with van der Waals surface area (Å²) in [6.45, 7) is 1.56. The fourth-order valence-electron chi connectivity index (χ4n) is 3.06. The molecule has 0 spiro atoms. The molecule has 1 aromatic carbocycles. The highest BCUT2D eigenvalue weighted by Crippen LogP contribution is 2.19. The van der Waals surface area contributed by atoms with E-state index >= 15 is 0 Å². The van der Waals surface area contributed by atoms with Gasteiger partial charge in [-0.1, -0.05) is 18.2 Å². The number of halogens is 1. The molecular formula is C17H18FN7O2S. The van der Waals surface area contributed by atoms with Crippen molar-refractivity contribution in [1.29, 1.82) is 0 Å². The summed E-state index contributed by atoms with van der Waals surface area (Å²) >= 11 is 0. The van der Waals surface area contributed by atoms with Crippen LogP contribution in [0.3, 0.4) is 0 Å². The number of rotatable bonds is 5. The topological polar surface area (TPSA) is 97.1 Å². The smallest absolute Gasteiger partial charge is 0.218 e. The Labute approximate surface area is 161 Å². The molecule has 28 heavy (non-hydrogen) atoms. The van der Waals surface area contributed by atoms with Crippen LogP contribution >= 0.6 is 0 Å². The van der Waals surface area contributed by atoms with Gasteiger partial charge in [-0.2, -0.15) is 9.40 Å². The first-order chi connectivity index (χ1) is 13.5. The second-order valence-corrected chi connectivity index (χ2v) is 8.28. The van der Waals surface area contributed by atoms with Gasteiger partial charge in [0.15, 0.2) is 5.82 Å². The van der Waals surface area contributed by atoms with E-state index in [1.165, 1.54) is 33.8 Å². The number of hydrogen-bond acceptors (Lipinski definition) is 7. The van der Waals surface area contributed by atoms with E-state index in [-0.39, 0.29) is 11.3 Å². The van der Waals surface area contributed by atoms with Crippen LogP contribution in [0.15, 0.2) is 49.3 Å². The Hall–Kier alpha value is -2.92. The summed E-state index contributed by atoms with van der Waals surface area (Å²) in [5.74, 6) is 0.416. The standard InChI is InChI=1S/C17H18FN7O2S/c18-15-4-2-1-3-14(15)10-28(26,27)24-7-5-23(6-8-24)16-9-17(21-12-20-16)25-13-19-11-22-25/h1-4,9,11-13H,5-8,10H2. The zero-order valence-electron chi connectivity index (χ0n) is 14.9. The normalized spacial score (nSPS) is 15.7. The SMILES string of the molecule is O=S(=O)(Cc1ccccc1F)N1CCN(c2cc(-n3cncn3)ncn2)CC1. The molecule has 0 aliphatic carbocycles. The zero-order chi connectivity index (χ0) is 19.6. The zero-order valence-corrected chi connectivity index (χ0v) is 15.7. The largest absolute Gasteiger partial charge is 0.354 e. The lowest BCUT2D eigenvalue weighted by Crippen LogP contribution is -2.49. The first-order valence-electron chi connectivity index (χ1n) is 8.66. The van der Waals surface area contributed by atoms with Crippen molar-refractivity contribution in [2.75, 3.05) is 31.1 Å². The number of sulfonamides is 1. The minimum Gasteiger partial charge on any atom is -0.354 e. The van der Waals surface area contributed by atoms with Crippen molar-refractivity contribution in [1.82, 2.24) is 29.0 Å². The van der Waals surface area contributed by atoms with E-state index in [9.17, 15) is 12.8 Å². The Balaban J connectivity index is 1.43. The van der Waals surface area contributed by atoms with Crippen LogP contribution in [0.5, 0.6) is 0 Å². The quantitative estimate of drug-likeness (QED) is 0.623. The van der Waals surface area contributed by atoms with E-state index in [0.717, 1.165) is 0 Å². The molecular weight excluding hydrogens is 385 g/mol. The molecule has 146 valence electrons. The lowest BCUT2D eigenvalue weighted by Gasteiger charge is -2.34. The van der Waals surface area contributed by atoms with Crippen molar-refractivity contribution in [2.45, 2.75) is 5.75 Å². The lowest BCUT2D eigenvalue weighted by molar-refractivity contribution is 0.383. The maximum absolute atomic E-state index is 13.8. The third kappa shape index (κ3) is 3.85. The highest BCUT2D eigenvalue weighted by Gasteiger charge is 2.28. The molecule has 3 heterocycles. The van der Waals surface area contributed by atoms with Crippen LogP contribution in [0.4, 0.5) is 10.2 Å². The van der Waals surface area contributed by atoms with E-state index in [2.05, 4.69) is 20.1 Å². The molecule has 2 aromatic heterocycles. The van der Waals surface area contributed by atoms with Gasteiger partial charge in [-0.15, -0.1) is 0 Å². The van der Waals surface area contributed by atoms with Crippen LogP contribution in [-0.2, 0) is 15.8 Å². The maximum Gasteiger partial charge on any atom is 0.218 e. The number of piperazine rings is 1. The molecule has 0 saturated carbocycles. The van der Waals surface area contributed by atoms with E-state index in [1.807, 2.05) is 4.90 Å². The second-order valence-electron chi connectivity index (χ2n) is 6.31. The van der Waals surface area contributed by atoms with Gasteiger partial charge < -0.3 is 4.90 Å². The Kier molecular flexibility index (Phi) is 5.01. The average Bonchev–Trinajstić information content (AvgIpc) is 3.25. The molecule has 1 aliphatic heterocycles. The van der Waals surface area contributed by atoms with E-state index in [4.69, 9.17) is 0 Å². The number of aromatic nitrogens is 5. The third-order valence-corrected chi connectivity index (χ3v) is 6.37. The van der Waals surface area contributed by atoms with E-state index in [1.54, 1.807) is 24.5 Å². The van der Waals surface area contributed by atoms with Gasteiger partial charge in [0.1, 0.15) is 30.6 Å². The second kappa shape index (κ2) is 7.60. The molecule has 0 amide bonds. The first kappa shape index (κ1) is 18.4. The van der Waals surface area contributed by atoms with Crippen molar-refractivity contribution in [3.8, 4) is 5.82 Å². The van der Waals surface area contributed by atoms with Gasteiger partial charge >= 0.3 is 0 Å². The molecule has 1 aliphatic rings. The summed E-state index contributed by atoms with van der Waals surface area (Å²) in [4.78, 5) is 14.3. The van der Waals surface area contributed by atoms with Crippen LogP contribution in [0.2, 0.25) is 0 Å². The van der Waals surface area contributed by atoms with Crippen molar-refractivity contribution in [3.05, 3.63) is 60.7 Å². The summed E-state index contributed by atoms with van der Waals surface area (Å²) in [6.07, 6.45) is 4.40. The minimum absolute atomic E-state index is 0.179. The van der Waals surface area contributed by atoms with E-state index < -0.39 is 15.8 Å². The van der Waals surface area contributed by atoms with Gasteiger partial charge in [0.25, 0.3) is 0 Å². The van der Waals surface area contributed by atoms with Gasteiger partial charge in [-0.25, -0.2) is 32.4 Å². The van der Waals surface area contributed by atoms with Crippen LogP contribution in [0.1, 0.15) is 5.56 Å². The Bertz CT molecular complexity index is 1050. The predicted molar refractivity (Wildman–Crippen MR) is 99.8 cm³/mol. The van der Waals surface area contributed by atoms with Crippen molar-refractivity contribution in [3.63, 3.8) is 0 Å². The monoisotopic (exact) mass is 403 g/mol. The van der Waals surface area contributed by atoms with Crippen LogP contribution in [0, 0.1) is 5.82 Å². The summed E-state index contributed by atoms with van der Waals surface area (Å²) in [7, 11) is -3.60. The Morgan fingerprint density at radius 2 is 1.75 bits per heavy atom. The Morgan fingerprint density at radius 3 is 2.46 bits per heavy atom. The highest BCUT2D eigenvalue weighted by molar-refractivity contribution is 7.88. The summed E-state index contributed by atoms with van der Waals surface area (Å²) in [5, 5.41) is 4.04. The number of nitrogens with zero attached hydrogens (tertiary/aromatic N) is 7. The summed E-state index contributed by atoms with van der Waals surface area (Å²) in [6, 6.07) is 7.71. The van der Waals surface area contributed by atoms with Crippen molar-refractivity contribution < 1.29 is 12.8 Å². The molecule has 0 N–H and O–H groups in total. The molecule has 0 unspecified atom stereocenters. The highest BCUT2D eigenvalue weighted by atomic mass is 32.2. The minimum atomic E-state index is -3.60. The molecule has 4 rings (SSSR count). The number of anilines is 1. The van der Waals surface area contributed by atoms with Crippen LogP contribution in [0.25, 0.3) is 5.82 Å². The van der Waals surface area contributed by atoms with Crippen molar-refractivity contribution in [2.24, 2.45) is 0 Å². The van der Waals surface area contributed by atoms with Crippen LogP contribution < -0.4 is 4.90 Å². The fraction of sp³-hybridized carbons (Fsp3) is 0.294. The molecule has 1 fully saturated rings. The lowest BCUT2D eigenvalue weighted by atomic mass is 10.2. The predicted octanol–water partition coefficient (Wildman–Crippen LogP) is 0.848. The maximum atomic E-state index is 13.8. The third-order valence-electron chi connectivity index (χ3n) is 4.54. The fourth-order valence-corrected chi connectivity index (χ4v) is 4.59. The molecule has 1 saturated heterocycles.